The number of phenolic OH excluding ortho intramolecular Hbond substituents is 1. The zero-order chi connectivity index (χ0) is 14.4. The summed E-state index contributed by atoms with van der Waals surface area (Å²) in [7, 11) is 1.13. The third-order valence-electron chi connectivity index (χ3n) is 2.10. The van der Waals surface area contributed by atoms with Crippen LogP contribution in [0.1, 0.15) is 10.4 Å². The zero-order valence-corrected chi connectivity index (χ0v) is 9.77. The number of carbonyl (C=O) groups excluding carboxylic acids is 1. The Kier molecular flexibility index (Phi) is 4.44. The second-order valence-electron chi connectivity index (χ2n) is 3.27. The molecule has 2 N–H and O–H groups in total. The molecule has 1 rings (SSSR count). The van der Waals surface area contributed by atoms with Crippen LogP contribution in [-0.4, -0.2) is 18.2 Å². The highest BCUT2D eigenvalue weighted by molar-refractivity contribution is 5.91. The van der Waals surface area contributed by atoms with Crippen molar-refractivity contribution in [3.05, 3.63) is 35.3 Å². The summed E-state index contributed by atoms with van der Waals surface area (Å²) in [4.78, 5) is 11.3. The number of hydrogen-bond acceptors (Lipinski definition) is 6. The number of nitrogens with zero attached hydrogens (tertiary/aromatic N) is 2. The Morgan fingerprint density at radius 1 is 1.47 bits per heavy atom. The number of hydrogen-bond donors (Lipinski definition) is 2. The maximum absolute atomic E-state index is 13.4. The molecule has 7 heteroatoms. The van der Waals surface area contributed by atoms with E-state index in [0.29, 0.717) is 0 Å². The van der Waals surface area contributed by atoms with Crippen molar-refractivity contribution in [1.82, 2.24) is 0 Å². The smallest absolute Gasteiger partial charge is 0.338 e. The predicted octanol–water partition coefficient (Wildman–Crippen LogP) is 1.66. The fourth-order valence-electron chi connectivity index (χ4n) is 1.18. The molecule has 1 aromatic rings. The van der Waals surface area contributed by atoms with Gasteiger partial charge in [0.25, 0.3) is 0 Å². The first-order chi connectivity index (χ1) is 9.03. The van der Waals surface area contributed by atoms with Crippen molar-refractivity contribution in [3.63, 3.8) is 0 Å². The lowest BCUT2D eigenvalue weighted by molar-refractivity contribution is 0.0600. The highest BCUT2D eigenvalue weighted by Crippen LogP contribution is 2.28. The van der Waals surface area contributed by atoms with E-state index in [-0.39, 0.29) is 16.8 Å². The van der Waals surface area contributed by atoms with Crippen LogP contribution in [0.15, 0.2) is 23.9 Å². The molecular weight excluding hydrogens is 253 g/mol. The molecule has 0 aliphatic carbocycles. The van der Waals surface area contributed by atoms with Crippen LogP contribution in [0.5, 0.6) is 5.75 Å². The number of carbonyl (C=O) groups is 1. The number of benzene rings is 1. The molecule has 96 valence electrons. The highest BCUT2D eigenvalue weighted by atomic mass is 19.1. The number of nitriles is 2. The van der Waals surface area contributed by atoms with E-state index in [2.05, 4.69) is 10.1 Å². The molecular formula is C12H8FN3O3. The van der Waals surface area contributed by atoms with Gasteiger partial charge in [0.15, 0.2) is 11.6 Å². The van der Waals surface area contributed by atoms with Crippen LogP contribution in [0.2, 0.25) is 0 Å². The number of phenols is 1. The summed E-state index contributed by atoms with van der Waals surface area (Å²) in [5, 5.41) is 28.9. The molecule has 0 atom stereocenters. The molecule has 0 radical (unpaired) electrons. The average molecular weight is 261 g/mol. The van der Waals surface area contributed by atoms with Gasteiger partial charge < -0.3 is 15.2 Å². The van der Waals surface area contributed by atoms with E-state index in [4.69, 9.17) is 10.5 Å². The Balaban J connectivity index is 3.18. The lowest BCUT2D eigenvalue weighted by Gasteiger charge is -2.07. The average Bonchev–Trinajstić information content (AvgIpc) is 2.43. The minimum absolute atomic E-state index is 0.121. The van der Waals surface area contributed by atoms with Crippen molar-refractivity contribution in [3.8, 4) is 17.9 Å². The van der Waals surface area contributed by atoms with Crippen molar-refractivity contribution < 1.29 is 19.0 Å². The molecule has 0 aromatic heterocycles. The minimum atomic E-state index is -1.03. The van der Waals surface area contributed by atoms with Gasteiger partial charge in [0.05, 0.1) is 18.4 Å². The second-order valence-corrected chi connectivity index (χ2v) is 3.27. The summed E-state index contributed by atoms with van der Waals surface area (Å²) in [6.45, 7) is 0. The van der Waals surface area contributed by atoms with Crippen LogP contribution in [0.4, 0.5) is 10.1 Å². The van der Waals surface area contributed by atoms with Crippen LogP contribution in [0.25, 0.3) is 0 Å². The Hall–Kier alpha value is -3.06. The van der Waals surface area contributed by atoms with Gasteiger partial charge in [-0.25, -0.2) is 9.18 Å². The molecule has 0 bridgehead atoms. The topological polar surface area (TPSA) is 106 Å². The van der Waals surface area contributed by atoms with Gasteiger partial charge in [-0.2, -0.15) is 10.5 Å². The van der Waals surface area contributed by atoms with Crippen molar-refractivity contribution in [2.75, 3.05) is 12.4 Å². The van der Waals surface area contributed by atoms with Gasteiger partial charge in [-0.05, 0) is 12.1 Å². The molecule has 19 heavy (non-hydrogen) atoms. The van der Waals surface area contributed by atoms with Crippen LogP contribution in [0.3, 0.4) is 0 Å². The van der Waals surface area contributed by atoms with E-state index in [0.717, 1.165) is 25.4 Å². The molecule has 1 aromatic carbocycles. The van der Waals surface area contributed by atoms with Gasteiger partial charge in [-0.3, -0.25) is 0 Å². The number of halogens is 1. The first-order valence-corrected chi connectivity index (χ1v) is 4.91. The quantitative estimate of drug-likeness (QED) is 0.487. The van der Waals surface area contributed by atoms with E-state index in [1.165, 1.54) is 0 Å². The molecule has 6 nitrogen and oxygen atoms in total. The molecule has 0 saturated carbocycles. The summed E-state index contributed by atoms with van der Waals surface area (Å²) in [5.74, 6) is -2.56. The first-order valence-electron chi connectivity index (χ1n) is 4.91. The van der Waals surface area contributed by atoms with Gasteiger partial charge in [0.1, 0.15) is 17.7 Å². The Bertz CT molecular complexity index is 610. The maximum atomic E-state index is 13.4. The number of anilines is 1. The van der Waals surface area contributed by atoms with Crippen LogP contribution >= 0.6 is 0 Å². The van der Waals surface area contributed by atoms with Crippen LogP contribution < -0.4 is 5.32 Å². The summed E-state index contributed by atoms with van der Waals surface area (Å²) in [5.41, 5.74) is -0.559. The predicted molar refractivity (Wildman–Crippen MR) is 62.3 cm³/mol. The number of aromatic hydroxyl groups is 1. The molecule has 0 saturated heterocycles. The van der Waals surface area contributed by atoms with Crippen molar-refractivity contribution in [1.29, 1.82) is 10.5 Å². The monoisotopic (exact) mass is 261 g/mol. The van der Waals surface area contributed by atoms with Crippen molar-refractivity contribution in [2.24, 2.45) is 0 Å². The maximum Gasteiger partial charge on any atom is 0.338 e. The Morgan fingerprint density at radius 3 is 2.63 bits per heavy atom. The SMILES string of the molecule is COC(=O)c1cc(F)c(O)c(NC=C(C#N)C#N)c1. The van der Waals surface area contributed by atoms with Gasteiger partial charge in [0, 0.05) is 6.20 Å². The first kappa shape index (κ1) is 14.0. The summed E-state index contributed by atoms with van der Waals surface area (Å²) >= 11 is 0. The summed E-state index contributed by atoms with van der Waals surface area (Å²) < 4.78 is 17.8. The van der Waals surface area contributed by atoms with Gasteiger partial charge >= 0.3 is 5.97 Å². The number of allylic oxidation sites excluding steroid dienone is 1. The van der Waals surface area contributed by atoms with E-state index in [9.17, 15) is 14.3 Å². The minimum Gasteiger partial charge on any atom is -0.503 e. The Morgan fingerprint density at radius 2 is 2.11 bits per heavy atom. The fourth-order valence-corrected chi connectivity index (χ4v) is 1.18. The fraction of sp³-hybridized carbons (Fsp3) is 0.0833. The molecule has 0 aliphatic heterocycles. The summed E-state index contributed by atoms with van der Waals surface area (Å²) in [6, 6.07) is 5.09. The van der Waals surface area contributed by atoms with Crippen LogP contribution in [-0.2, 0) is 4.74 Å². The number of methoxy groups -OCH3 is 1. The number of ether oxygens (including phenoxy) is 1. The summed E-state index contributed by atoms with van der Waals surface area (Å²) in [6.07, 6.45) is 0.982. The van der Waals surface area contributed by atoms with Gasteiger partial charge in [-0.15, -0.1) is 0 Å². The lowest BCUT2D eigenvalue weighted by Crippen LogP contribution is -2.03. The number of esters is 1. The third kappa shape index (κ3) is 3.20. The normalized spacial score (nSPS) is 8.84. The number of nitrogens with one attached hydrogen (secondary N) is 1. The molecule has 0 amide bonds. The van der Waals surface area contributed by atoms with E-state index in [1.807, 2.05) is 0 Å². The van der Waals surface area contributed by atoms with Crippen molar-refractivity contribution in [2.45, 2.75) is 0 Å². The lowest BCUT2D eigenvalue weighted by atomic mass is 10.1. The zero-order valence-electron chi connectivity index (χ0n) is 9.77. The Labute approximate surface area is 108 Å². The molecule has 0 aliphatic rings. The van der Waals surface area contributed by atoms with E-state index >= 15 is 0 Å². The second kappa shape index (κ2) is 6.03. The molecule has 0 unspecified atom stereocenters. The van der Waals surface area contributed by atoms with Crippen LogP contribution in [0, 0.1) is 28.5 Å². The van der Waals surface area contributed by atoms with E-state index in [1.54, 1.807) is 12.1 Å². The van der Waals surface area contributed by atoms with E-state index < -0.39 is 17.5 Å². The largest absolute Gasteiger partial charge is 0.503 e. The van der Waals surface area contributed by atoms with Crippen molar-refractivity contribution >= 4 is 11.7 Å². The standard InChI is InChI=1S/C12H8FN3O3/c1-19-12(18)8-2-9(13)11(17)10(3-8)16-6-7(4-14)5-15/h2-3,6,16-17H,1H3. The molecule has 0 heterocycles. The molecule has 0 spiro atoms. The third-order valence-corrected chi connectivity index (χ3v) is 2.10. The molecule has 0 fully saturated rings. The number of rotatable bonds is 3. The van der Waals surface area contributed by atoms with Gasteiger partial charge in [-0.1, -0.05) is 0 Å². The highest BCUT2D eigenvalue weighted by Gasteiger charge is 2.14. The van der Waals surface area contributed by atoms with Gasteiger partial charge in [0.2, 0.25) is 0 Å².